The van der Waals surface area contributed by atoms with Crippen molar-refractivity contribution in [2.45, 2.75) is 19.3 Å². The number of carbonyl (C=O) groups excluding carboxylic acids is 3. The Bertz CT molecular complexity index is 1500. The van der Waals surface area contributed by atoms with Crippen molar-refractivity contribution in [2.24, 2.45) is 0 Å². The highest BCUT2D eigenvalue weighted by Gasteiger charge is 2.24. The lowest BCUT2D eigenvalue weighted by Gasteiger charge is -2.18. The third-order valence-corrected chi connectivity index (χ3v) is 6.13. The standard InChI is InChI=1S/C31H28N4O5/c1-20-7-5-6-10-27(20)35-31(40)34-25-17-15-24(16-18-25)33-29(37)26(21-8-3-2-4-9-21)19-28(36)32-23-13-11-22(12-14-23)30(38)39/h2-18,26H,19H2,1H3,(H,32,36)(H,33,37)(H,38,39)(H2,34,35,40). The quantitative estimate of drug-likeness (QED) is 0.176. The van der Waals surface area contributed by atoms with Gasteiger partial charge in [-0.2, -0.15) is 0 Å². The minimum atomic E-state index is -1.06. The van der Waals surface area contributed by atoms with Gasteiger partial charge in [0.15, 0.2) is 0 Å². The lowest BCUT2D eigenvalue weighted by molar-refractivity contribution is -0.122. The monoisotopic (exact) mass is 536 g/mol. The summed E-state index contributed by atoms with van der Waals surface area (Å²) in [5.41, 5.74) is 3.88. The highest BCUT2D eigenvalue weighted by atomic mass is 16.4. The first-order valence-electron chi connectivity index (χ1n) is 12.5. The molecule has 0 bridgehead atoms. The van der Waals surface area contributed by atoms with Crippen molar-refractivity contribution in [1.29, 1.82) is 0 Å². The second kappa shape index (κ2) is 12.9. The van der Waals surface area contributed by atoms with Crippen LogP contribution in [0.25, 0.3) is 0 Å². The van der Waals surface area contributed by atoms with E-state index >= 15 is 0 Å². The van der Waals surface area contributed by atoms with Crippen LogP contribution in [0.3, 0.4) is 0 Å². The number of carboxylic acid groups (broad SMARTS) is 1. The lowest BCUT2D eigenvalue weighted by Crippen LogP contribution is -2.26. The maximum absolute atomic E-state index is 13.3. The third kappa shape index (κ3) is 7.55. The molecule has 4 aromatic carbocycles. The van der Waals surface area contributed by atoms with E-state index in [4.69, 9.17) is 5.11 Å². The summed E-state index contributed by atoms with van der Waals surface area (Å²) in [5.74, 6) is -2.61. The van der Waals surface area contributed by atoms with Gasteiger partial charge < -0.3 is 26.4 Å². The molecular formula is C31H28N4O5. The molecule has 0 aliphatic rings. The van der Waals surface area contributed by atoms with Gasteiger partial charge in [-0.1, -0.05) is 48.5 Å². The van der Waals surface area contributed by atoms with Crippen LogP contribution < -0.4 is 21.3 Å². The van der Waals surface area contributed by atoms with Gasteiger partial charge in [0.05, 0.1) is 11.5 Å². The first-order chi connectivity index (χ1) is 19.3. The molecule has 9 heteroatoms. The van der Waals surface area contributed by atoms with Crippen LogP contribution in [0.4, 0.5) is 27.5 Å². The van der Waals surface area contributed by atoms with E-state index in [1.165, 1.54) is 24.3 Å². The second-order valence-electron chi connectivity index (χ2n) is 9.06. The molecule has 0 spiro atoms. The van der Waals surface area contributed by atoms with Gasteiger partial charge in [0.25, 0.3) is 0 Å². The highest BCUT2D eigenvalue weighted by molar-refractivity contribution is 6.02. The number of urea groups is 1. The highest BCUT2D eigenvalue weighted by Crippen LogP contribution is 2.24. The van der Waals surface area contributed by atoms with Gasteiger partial charge in [-0.15, -0.1) is 0 Å². The van der Waals surface area contributed by atoms with Crippen LogP contribution in [0, 0.1) is 6.92 Å². The Morgan fingerprint density at radius 3 is 1.82 bits per heavy atom. The number of benzene rings is 4. The van der Waals surface area contributed by atoms with Crippen molar-refractivity contribution in [2.75, 3.05) is 21.3 Å². The summed E-state index contributed by atoms with van der Waals surface area (Å²) in [7, 11) is 0. The number of hydrogen-bond acceptors (Lipinski definition) is 4. The summed E-state index contributed by atoms with van der Waals surface area (Å²) in [4.78, 5) is 49.5. The molecule has 5 N–H and O–H groups in total. The maximum atomic E-state index is 13.3. The summed E-state index contributed by atoms with van der Waals surface area (Å²) in [6, 6.07) is 28.4. The zero-order valence-electron chi connectivity index (χ0n) is 21.7. The summed E-state index contributed by atoms with van der Waals surface area (Å²) in [6.45, 7) is 1.90. The number of carboxylic acids is 1. The van der Waals surface area contributed by atoms with Crippen LogP contribution in [0.2, 0.25) is 0 Å². The van der Waals surface area contributed by atoms with Gasteiger partial charge in [0.2, 0.25) is 11.8 Å². The van der Waals surface area contributed by atoms with E-state index in [1.54, 1.807) is 48.5 Å². The van der Waals surface area contributed by atoms with Crippen LogP contribution in [-0.4, -0.2) is 28.9 Å². The Hall–Kier alpha value is -5.44. The van der Waals surface area contributed by atoms with E-state index in [2.05, 4.69) is 21.3 Å². The fraction of sp³-hybridized carbons (Fsp3) is 0.0968. The van der Waals surface area contributed by atoms with Crippen molar-refractivity contribution in [3.8, 4) is 0 Å². The minimum Gasteiger partial charge on any atom is -0.478 e. The van der Waals surface area contributed by atoms with Gasteiger partial charge in [0, 0.05) is 29.2 Å². The topological polar surface area (TPSA) is 137 Å². The third-order valence-electron chi connectivity index (χ3n) is 6.13. The van der Waals surface area contributed by atoms with Gasteiger partial charge >= 0.3 is 12.0 Å². The van der Waals surface area contributed by atoms with Crippen LogP contribution in [-0.2, 0) is 9.59 Å². The molecule has 0 radical (unpaired) electrons. The van der Waals surface area contributed by atoms with Crippen LogP contribution in [0.1, 0.15) is 33.8 Å². The summed E-state index contributed by atoms with van der Waals surface area (Å²) >= 11 is 0. The fourth-order valence-electron chi connectivity index (χ4n) is 4.00. The van der Waals surface area contributed by atoms with E-state index in [0.29, 0.717) is 28.3 Å². The Kier molecular flexibility index (Phi) is 8.88. The predicted octanol–water partition coefficient (Wildman–Crippen LogP) is 6.09. The van der Waals surface area contributed by atoms with Crippen molar-refractivity contribution in [3.05, 3.63) is 120 Å². The summed E-state index contributed by atoms with van der Waals surface area (Å²) < 4.78 is 0. The van der Waals surface area contributed by atoms with Gasteiger partial charge in [-0.25, -0.2) is 9.59 Å². The Morgan fingerprint density at radius 1 is 0.650 bits per heavy atom. The molecule has 0 fully saturated rings. The van der Waals surface area contributed by atoms with Crippen molar-refractivity contribution in [3.63, 3.8) is 0 Å². The molecule has 40 heavy (non-hydrogen) atoms. The average Bonchev–Trinajstić information content (AvgIpc) is 2.95. The Labute approximate surface area is 231 Å². The lowest BCUT2D eigenvalue weighted by atomic mass is 9.94. The number of rotatable bonds is 9. The molecule has 4 aromatic rings. The van der Waals surface area contributed by atoms with Gasteiger partial charge in [-0.3, -0.25) is 9.59 Å². The van der Waals surface area contributed by atoms with Gasteiger partial charge in [-0.05, 0) is 72.6 Å². The van der Waals surface area contributed by atoms with Gasteiger partial charge in [0.1, 0.15) is 0 Å². The largest absolute Gasteiger partial charge is 0.478 e. The Morgan fingerprint density at radius 2 is 1.20 bits per heavy atom. The number of carbonyl (C=O) groups is 4. The molecule has 0 heterocycles. The average molecular weight is 537 g/mol. The van der Waals surface area contributed by atoms with Crippen LogP contribution >= 0.6 is 0 Å². The number of amides is 4. The number of aromatic carboxylic acids is 1. The van der Waals surface area contributed by atoms with Crippen molar-refractivity contribution >= 4 is 46.6 Å². The van der Waals surface area contributed by atoms with E-state index < -0.39 is 17.8 Å². The summed E-state index contributed by atoms with van der Waals surface area (Å²) in [6.07, 6.45) is -0.130. The molecule has 1 atom stereocenters. The van der Waals surface area contributed by atoms with Crippen molar-refractivity contribution < 1.29 is 24.3 Å². The Balaban J connectivity index is 1.39. The smallest absolute Gasteiger partial charge is 0.335 e. The van der Waals surface area contributed by atoms with E-state index in [1.807, 2.05) is 37.3 Å². The number of para-hydroxylation sites is 1. The van der Waals surface area contributed by atoms with E-state index in [0.717, 1.165) is 5.56 Å². The molecule has 0 saturated heterocycles. The molecule has 0 aliphatic heterocycles. The molecule has 9 nitrogen and oxygen atoms in total. The number of anilines is 4. The fourth-order valence-corrected chi connectivity index (χ4v) is 4.00. The molecule has 0 aliphatic carbocycles. The van der Waals surface area contributed by atoms with Crippen molar-refractivity contribution in [1.82, 2.24) is 0 Å². The number of aryl methyl sites for hydroxylation is 1. The molecule has 202 valence electrons. The second-order valence-corrected chi connectivity index (χ2v) is 9.06. The first kappa shape index (κ1) is 27.6. The summed E-state index contributed by atoms with van der Waals surface area (Å²) in [5, 5.41) is 20.2. The first-order valence-corrected chi connectivity index (χ1v) is 12.5. The van der Waals surface area contributed by atoms with E-state index in [-0.39, 0.29) is 23.9 Å². The zero-order valence-corrected chi connectivity index (χ0v) is 21.7. The predicted molar refractivity (Wildman–Crippen MR) is 155 cm³/mol. The molecule has 0 aromatic heterocycles. The van der Waals surface area contributed by atoms with E-state index in [9.17, 15) is 19.2 Å². The van der Waals surface area contributed by atoms with Crippen LogP contribution in [0.5, 0.6) is 0 Å². The molecular weight excluding hydrogens is 508 g/mol. The molecule has 4 rings (SSSR count). The normalized spacial score (nSPS) is 11.1. The number of nitrogens with one attached hydrogen (secondary N) is 4. The molecule has 0 saturated carbocycles. The SMILES string of the molecule is Cc1ccccc1NC(=O)Nc1ccc(NC(=O)C(CC(=O)Nc2ccc(C(=O)O)cc2)c2ccccc2)cc1. The molecule has 1 unspecified atom stereocenters. The maximum Gasteiger partial charge on any atom is 0.335 e. The minimum absolute atomic E-state index is 0.104. The number of hydrogen-bond donors (Lipinski definition) is 5. The van der Waals surface area contributed by atoms with Crippen LogP contribution in [0.15, 0.2) is 103 Å². The zero-order chi connectivity index (χ0) is 28.5. The molecule has 4 amide bonds.